The number of benzene rings is 1. The fraction of sp³-hybridized carbons (Fsp3) is 0.533. The quantitative estimate of drug-likeness (QED) is 0.823. The van der Waals surface area contributed by atoms with Crippen molar-refractivity contribution in [3.8, 4) is 5.75 Å². The van der Waals surface area contributed by atoms with Crippen LogP contribution in [0.5, 0.6) is 5.75 Å². The van der Waals surface area contributed by atoms with Gasteiger partial charge in [-0.25, -0.2) is 4.98 Å². The van der Waals surface area contributed by atoms with Crippen LogP contribution in [0.25, 0.3) is 11.1 Å². The third-order valence-electron chi connectivity index (χ3n) is 4.08. The van der Waals surface area contributed by atoms with Crippen LogP contribution in [0.3, 0.4) is 0 Å². The first-order valence-electron chi connectivity index (χ1n) is 7.02. The van der Waals surface area contributed by atoms with Gasteiger partial charge in [0.1, 0.15) is 11.3 Å². The summed E-state index contributed by atoms with van der Waals surface area (Å²) in [5.74, 6) is 2.84. The van der Waals surface area contributed by atoms with Gasteiger partial charge in [-0.15, -0.1) is 0 Å². The summed E-state index contributed by atoms with van der Waals surface area (Å²) < 4.78 is 11.6. The number of ether oxygens (including phenoxy) is 1. The minimum Gasteiger partial charge on any atom is -0.493 e. The van der Waals surface area contributed by atoms with Crippen LogP contribution in [0, 0.1) is 5.92 Å². The molecule has 0 unspecified atom stereocenters. The molecule has 4 rings (SSSR count). The van der Waals surface area contributed by atoms with Gasteiger partial charge in [-0.3, -0.25) is 0 Å². The number of hydrogen-bond donors (Lipinski definition) is 0. The Hall–Kier alpha value is -1.22. The first-order chi connectivity index (χ1) is 9.29. The van der Waals surface area contributed by atoms with Gasteiger partial charge in [-0.2, -0.15) is 0 Å². The molecule has 2 aliphatic rings. The van der Waals surface area contributed by atoms with Crippen LogP contribution in [0.15, 0.2) is 16.5 Å². The maximum Gasteiger partial charge on any atom is 0.198 e. The fourth-order valence-corrected chi connectivity index (χ4v) is 2.64. The Morgan fingerprint density at radius 3 is 2.79 bits per heavy atom. The van der Waals surface area contributed by atoms with Crippen LogP contribution in [-0.2, 0) is 0 Å². The van der Waals surface area contributed by atoms with Gasteiger partial charge in [0.05, 0.1) is 11.6 Å². The molecule has 2 saturated carbocycles. The first kappa shape index (κ1) is 11.6. The minimum absolute atomic E-state index is 0.485. The third-order valence-corrected chi connectivity index (χ3v) is 4.36. The molecule has 0 radical (unpaired) electrons. The molecular formula is C15H16ClNO2. The lowest BCUT2D eigenvalue weighted by atomic mass is 9.85. The maximum atomic E-state index is 6.27. The van der Waals surface area contributed by atoms with E-state index in [1.165, 1.54) is 32.1 Å². The van der Waals surface area contributed by atoms with Crippen molar-refractivity contribution in [2.45, 2.75) is 38.0 Å². The van der Waals surface area contributed by atoms with Gasteiger partial charge in [-0.1, -0.05) is 18.0 Å². The van der Waals surface area contributed by atoms with Crippen molar-refractivity contribution in [3.63, 3.8) is 0 Å². The molecule has 0 aliphatic heterocycles. The predicted octanol–water partition coefficient (Wildman–Crippen LogP) is 4.54. The molecule has 1 aromatic carbocycles. The van der Waals surface area contributed by atoms with E-state index < -0.39 is 0 Å². The Kier molecular flexibility index (Phi) is 2.69. The standard InChI is InChI=1S/C15H16ClNO2/c16-12-6-11(18-8-9-4-5-9)7-13-14(12)17-15(19-13)10-2-1-3-10/h6-7,9-10H,1-5,8H2. The van der Waals surface area contributed by atoms with E-state index in [1.54, 1.807) is 0 Å². The number of halogens is 1. The van der Waals surface area contributed by atoms with Crippen molar-refractivity contribution in [1.29, 1.82) is 0 Å². The van der Waals surface area contributed by atoms with E-state index in [0.29, 0.717) is 10.9 Å². The molecule has 2 aromatic rings. The summed E-state index contributed by atoms with van der Waals surface area (Å²) in [7, 11) is 0. The van der Waals surface area contributed by atoms with Crippen molar-refractivity contribution < 1.29 is 9.15 Å². The number of rotatable bonds is 4. The summed E-state index contributed by atoms with van der Waals surface area (Å²) in [5.41, 5.74) is 1.52. The van der Waals surface area contributed by atoms with E-state index in [-0.39, 0.29) is 0 Å². The predicted molar refractivity (Wildman–Crippen MR) is 73.8 cm³/mol. The normalized spacial score (nSPS) is 19.6. The molecule has 0 saturated heterocycles. The average Bonchev–Trinajstić information content (AvgIpc) is 3.05. The Labute approximate surface area is 116 Å². The van der Waals surface area contributed by atoms with E-state index >= 15 is 0 Å². The Balaban J connectivity index is 1.64. The summed E-state index contributed by atoms with van der Waals surface area (Å²) >= 11 is 6.27. The van der Waals surface area contributed by atoms with Gasteiger partial charge in [0.2, 0.25) is 0 Å². The highest BCUT2D eigenvalue weighted by molar-refractivity contribution is 6.35. The highest BCUT2D eigenvalue weighted by Crippen LogP contribution is 2.39. The van der Waals surface area contributed by atoms with Crippen molar-refractivity contribution >= 4 is 22.7 Å². The lowest BCUT2D eigenvalue weighted by Crippen LogP contribution is -2.08. The summed E-state index contributed by atoms with van der Waals surface area (Å²) in [6, 6.07) is 3.76. The molecule has 0 spiro atoms. The van der Waals surface area contributed by atoms with Gasteiger partial charge in [0, 0.05) is 18.1 Å². The van der Waals surface area contributed by atoms with Crippen LogP contribution < -0.4 is 4.74 Å². The summed E-state index contributed by atoms with van der Waals surface area (Å²) in [5, 5.41) is 0.623. The Morgan fingerprint density at radius 2 is 2.11 bits per heavy atom. The zero-order chi connectivity index (χ0) is 12.8. The van der Waals surface area contributed by atoms with Crippen LogP contribution in [-0.4, -0.2) is 11.6 Å². The monoisotopic (exact) mass is 277 g/mol. The largest absolute Gasteiger partial charge is 0.493 e. The zero-order valence-electron chi connectivity index (χ0n) is 10.7. The van der Waals surface area contributed by atoms with Crippen LogP contribution in [0.4, 0.5) is 0 Å². The first-order valence-corrected chi connectivity index (χ1v) is 7.40. The van der Waals surface area contributed by atoms with E-state index in [1.807, 2.05) is 12.1 Å². The maximum absolute atomic E-state index is 6.27. The van der Waals surface area contributed by atoms with Gasteiger partial charge >= 0.3 is 0 Å². The molecule has 2 fully saturated rings. The van der Waals surface area contributed by atoms with Crippen LogP contribution >= 0.6 is 11.6 Å². The molecule has 2 aliphatic carbocycles. The summed E-state index contributed by atoms with van der Waals surface area (Å²) in [4.78, 5) is 4.53. The van der Waals surface area contributed by atoms with Gasteiger partial charge in [0.15, 0.2) is 11.5 Å². The van der Waals surface area contributed by atoms with Crippen LogP contribution in [0.1, 0.15) is 43.9 Å². The zero-order valence-corrected chi connectivity index (χ0v) is 11.4. The van der Waals surface area contributed by atoms with Crippen molar-refractivity contribution in [2.75, 3.05) is 6.61 Å². The number of hydrogen-bond acceptors (Lipinski definition) is 3. The lowest BCUT2D eigenvalue weighted by Gasteiger charge is -2.21. The molecule has 1 aromatic heterocycles. The average molecular weight is 278 g/mol. The lowest BCUT2D eigenvalue weighted by molar-refractivity contribution is 0.299. The number of nitrogens with zero attached hydrogens (tertiary/aromatic N) is 1. The Morgan fingerprint density at radius 1 is 1.26 bits per heavy atom. The van der Waals surface area contributed by atoms with Gasteiger partial charge in [0.25, 0.3) is 0 Å². The molecular weight excluding hydrogens is 262 g/mol. The number of aromatic nitrogens is 1. The molecule has 3 nitrogen and oxygen atoms in total. The third kappa shape index (κ3) is 2.20. The molecule has 0 N–H and O–H groups in total. The molecule has 0 bridgehead atoms. The SMILES string of the molecule is Clc1cc(OCC2CC2)cc2oc(C3CCC3)nc12. The number of oxazole rings is 1. The summed E-state index contributed by atoms with van der Waals surface area (Å²) in [6.45, 7) is 0.783. The highest BCUT2D eigenvalue weighted by atomic mass is 35.5. The van der Waals surface area contributed by atoms with Crippen LogP contribution in [0.2, 0.25) is 5.02 Å². The van der Waals surface area contributed by atoms with Crippen molar-refractivity contribution in [3.05, 3.63) is 23.0 Å². The van der Waals surface area contributed by atoms with Crippen molar-refractivity contribution in [2.24, 2.45) is 5.92 Å². The molecule has 1 heterocycles. The fourth-order valence-electron chi connectivity index (χ4n) is 2.39. The second-order valence-electron chi connectivity index (χ2n) is 5.69. The van der Waals surface area contributed by atoms with Crippen molar-refractivity contribution in [1.82, 2.24) is 4.98 Å². The van der Waals surface area contributed by atoms with E-state index in [2.05, 4.69) is 4.98 Å². The Bertz CT molecular complexity index is 614. The second-order valence-corrected chi connectivity index (χ2v) is 6.09. The molecule has 4 heteroatoms. The number of fused-ring (bicyclic) bond motifs is 1. The minimum atomic E-state index is 0.485. The van der Waals surface area contributed by atoms with Gasteiger partial charge < -0.3 is 9.15 Å². The highest BCUT2D eigenvalue weighted by Gasteiger charge is 2.26. The molecule has 0 amide bonds. The molecule has 0 atom stereocenters. The van der Waals surface area contributed by atoms with E-state index in [9.17, 15) is 0 Å². The van der Waals surface area contributed by atoms with Gasteiger partial charge in [-0.05, 0) is 31.6 Å². The molecule has 100 valence electrons. The molecule has 19 heavy (non-hydrogen) atoms. The smallest absolute Gasteiger partial charge is 0.198 e. The second kappa shape index (κ2) is 4.41. The van der Waals surface area contributed by atoms with E-state index in [4.69, 9.17) is 20.8 Å². The van der Waals surface area contributed by atoms with E-state index in [0.717, 1.165) is 35.3 Å². The summed E-state index contributed by atoms with van der Waals surface area (Å²) in [6.07, 6.45) is 6.19. The topological polar surface area (TPSA) is 35.3 Å².